The van der Waals surface area contributed by atoms with E-state index in [-0.39, 0.29) is 26.8 Å². The summed E-state index contributed by atoms with van der Waals surface area (Å²) in [4.78, 5) is 14.7. The van der Waals surface area contributed by atoms with Crippen molar-refractivity contribution in [1.82, 2.24) is 4.98 Å². The first kappa shape index (κ1) is 14.0. The maximum absolute atomic E-state index is 13.6. The molecule has 0 aliphatic carbocycles. The summed E-state index contributed by atoms with van der Waals surface area (Å²) in [7, 11) is 0. The number of hydrogen-bond acceptors (Lipinski definition) is 3. The predicted octanol–water partition coefficient (Wildman–Crippen LogP) is 4.19. The van der Waals surface area contributed by atoms with E-state index in [4.69, 9.17) is 11.6 Å². The third-order valence-corrected chi connectivity index (χ3v) is 3.50. The zero-order valence-electron chi connectivity index (χ0n) is 8.96. The van der Waals surface area contributed by atoms with Gasteiger partial charge in [-0.3, -0.25) is 4.79 Å². The number of thiazole rings is 1. The normalized spacial score (nSPS) is 11.6. The average Bonchev–Trinajstić information content (AvgIpc) is 2.81. The van der Waals surface area contributed by atoms with Crippen molar-refractivity contribution in [3.8, 4) is 0 Å². The van der Waals surface area contributed by atoms with Gasteiger partial charge in [0.1, 0.15) is 0 Å². The highest BCUT2D eigenvalue weighted by Gasteiger charge is 2.35. The van der Waals surface area contributed by atoms with E-state index >= 15 is 0 Å². The molecule has 0 aliphatic rings. The van der Waals surface area contributed by atoms with Crippen molar-refractivity contribution in [1.29, 1.82) is 0 Å². The van der Waals surface area contributed by atoms with E-state index in [0.29, 0.717) is 0 Å². The van der Waals surface area contributed by atoms with E-state index < -0.39 is 22.8 Å². The first-order valence-electron chi connectivity index (χ1n) is 4.82. The summed E-state index contributed by atoms with van der Waals surface area (Å²) in [5.74, 6) is -1.84. The molecular formula is C11H4ClF4NOS. The van der Waals surface area contributed by atoms with Crippen LogP contribution in [0.25, 0.3) is 0 Å². The second-order valence-electron chi connectivity index (χ2n) is 3.46. The Kier molecular flexibility index (Phi) is 3.60. The molecule has 2 nitrogen and oxygen atoms in total. The number of hydrogen-bond donors (Lipinski definition) is 0. The van der Waals surface area contributed by atoms with Crippen LogP contribution < -0.4 is 0 Å². The van der Waals surface area contributed by atoms with E-state index in [1.165, 1.54) is 12.1 Å². The van der Waals surface area contributed by atoms with Crippen molar-refractivity contribution < 1.29 is 22.4 Å². The van der Waals surface area contributed by atoms with Crippen LogP contribution in [0.15, 0.2) is 24.4 Å². The third kappa shape index (κ3) is 2.76. The van der Waals surface area contributed by atoms with Gasteiger partial charge in [-0.05, 0) is 12.1 Å². The van der Waals surface area contributed by atoms with Gasteiger partial charge in [-0.25, -0.2) is 9.37 Å². The van der Waals surface area contributed by atoms with Crippen molar-refractivity contribution in [2.75, 3.05) is 0 Å². The second-order valence-corrected chi connectivity index (χ2v) is 4.90. The fraction of sp³-hybridized carbons (Fsp3) is 0.0909. The zero-order chi connectivity index (χ0) is 14.2. The fourth-order valence-electron chi connectivity index (χ4n) is 1.32. The van der Waals surface area contributed by atoms with Crippen LogP contribution in [0.4, 0.5) is 17.6 Å². The first-order chi connectivity index (χ1) is 8.80. The quantitative estimate of drug-likeness (QED) is 0.615. The van der Waals surface area contributed by atoms with Gasteiger partial charge in [-0.1, -0.05) is 17.7 Å². The Labute approximate surface area is 113 Å². The molecule has 0 saturated carbocycles. The molecule has 1 heterocycles. The molecule has 0 N–H and O–H groups in total. The van der Waals surface area contributed by atoms with E-state index in [1.807, 2.05) is 0 Å². The van der Waals surface area contributed by atoms with Crippen LogP contribution in [0, 0.1) is 5.82 Å². The summed E-state index contributed by atoms with van der Waals surface area (Å²) in [6.07, 6.45) is -3.85. The lowest BCUT2D eigenvalue weighted by Crippen LogP contribution is -2.03. The van der Waals surface area contributed by atoms with Gasteiger partial charge in [0.2, 0.25) is 5.78 Å². The van der Waals surface area contributed by atoms with Crippen molar-refractivity contribution in [3.63, 3.8) is 0 Å². The molecule has 0 bridgehead atoms. The molecule has 8 heteroatoms. The minimum atomic E-state index is -4.63. The van der Waals surface area contributed by atoms with Crippen LogP contribution in [0.3, 0.4) is 0 Å². The van der Waals surface area contributed by atoms with Crippen molar-refractivity contribution in [2.45, 2.75) is 6.18 Å². The van der Waals surface area contributed by atoms with E-state index in [9.17, 15) is 22.4 Å². The molecule has 0 aliphatic heterocycles. The minimum Gasteiger partial charge on any atom is -0.288 e. The van der Waals surface area contributed by atoms with Gasteiger partial charge in [0, 0.05) is 6.20 Å². The van der Waals surface area contributed by atoms with Crippen LogP contribution in [-0.4, -0.2) is 10.8 Å². The summed E-state index contributed by atoms with van der Waals surface area (Å²) in [5.41, 5.74) is -0.384. The lowest BCUT2D eigenvalue weighted by atomic mass is 10.1. The summed E-state index contributed by atoms with van der Waals surface area (Å²) in [5, 5.41) is -1.43. The number of aromatic nitrogens is 1. The SMILES string of the molecule is O=C(c1cnc(C(F)(F)F)s1)c1cccc(Cl)c1F. The highest BCUT2D eigenvalue weighted by atomic mass is 35.5. The Morgan fingerprint density at radius 2 is 2.00 bits per heavy atom. The van der Waals surface area contributed by atoms with Gasteiger partial charge in [0.15, 0.2) is 10.8 Å². The number of halogens is 5. The van der Waals surface area contributed by atoms with Gasteiger partial charge >= 0.3 is 6.18 Å². The molecule has 0 atom stereocenters. The topological polar surface area (TPSA) is 30.0 Å². The lowest BCUT2D eigenvalue weighted by molar-refractivity contribution is -0.137. The van der Waals surface area contributed by atoms with E-state index in [0.717, 1.165) is 12.3 Å². The molecule has 19 heavy (non-hydrogen) atoms. The highest BCUT2D eigenvalue weighted by molar-refractivity contribution is 7.14. The number of alkyl halides is 3. The van der Waals surface area contributed by atoms with Gasteiger partial charge in [-0.2, -0.15) is 13.2 Å². The number of carbonyl (C=O) groups is 1. The first-order valence-corrected chi connectivity index (χ1v) is 6.02. The van der Waals surface area contributed by atoms with Gasteiger partial charge in [0.05, 0.1) is 15.5 Å². The van der Waals surface area contributed by atoms with Crippen molar-refractivity contribution in [2.24, 2.45) is 0 Å². The van der Waals surface area contributed by atoms with Gasteiger partial charge in [0.25, 0.3) is 0 Å². The van der Waals surface area contributed by atoms with Crippen molar-refractivity contribution in [3.05, 3.63) is 50.7 Å². The monoisotopic (exact) mass is 309 g/mol. The Morgan fingerprint density at radius 1 is 1.32 bits per heavy atom. The molecule has 0 unspecified atom stereocenters. The Bertz CT molecular complexity index is 638. The molecule has 0 saturated heterocycles. The Hall–Kier alpha value is -1.47. The lowest BCUT2D eigenvalue weighted by Gasteiger charge is -2.01. The van der Waals surface area contributed by atoms with Crippen LogP contribution in [-0.2, 0) is 6.18 Å². The number of nitrogens with zero attached hydrogens (tertiary/aromatic N) is 1. The molecule has 1 aromatic carbocycles. The number of ketones is 1. The molecule has 2 rings (SSSR count). The molecule has 0 radical (unpaired) electrons. The second kappa shape index (κ2) is 4.90. The fourth-order valence-corrected chi connectivity index (χ4v) is 2.23. The molecule has 1 aromatic heterocycles. The van der Waals surface area contributed by atoms with Crippen molar-refractivity contribution >= 4 is 28.7 Å². The number of benzene rings is 1. The standard InChI is InChI=1S/C11H4ClF4NOS/c12-6-3-1-2-5(8(6)13)9(18)7-4-17-10(19-7)11(14,15)16/h1-4H. The van der Waals surface area contributed by atoms with Crippen LogP contribution in [0.5, 0.6) is 0 Å². The zero-order valence-corrected chi connectivity index (χ0v) is 10.5. The Morgan fingerprint density at radius 3 is 2.58 bits per heavy atom. The highest BCUT2D eigenvalue weighted by Crippen LogP contribution is 2.33. The number of carbonyl (C=O) groups excluding carboxylic acids is 1. The van der Waals surface area contributed by atoms with Gasteiger partial charge < -0.3 is 0 Å². The maximum Gasteiger partial charge on any atom is 0.443 e. The summed E-state index contributed by atoms with van der Waals surface area (Å²) in [6, 6.07) is 3.72. The average molecular weight is 310 g/mol. The predicted molar refractivity (Wildman–Crippen MR) is 62.0 cm³/mol. The van der Waals surface area contributed by atoms with Crippen LogP contribution in [0.1, 0.15) is 20.2 Å². The third-order valence-electron chi connectivity index (χ3n) is 2.17. The summed E-state index contributed by atoms with van der Waals surface area (Å²) >= 11 is 5.67. The maximum atomic E-state index is 13.6. The summed E-state index contributed by atoms with van der Waals surface area (Å²) < 4.78 is 50.6. The molecule has 2 aromatic rings. The molecule has 0 fully saturated rings. The summed E-state index contributed by atoms with van der Waals surface area (Å²) in [6.45, 7) is 0. The Balaban J connectivity index is 2.40. The van der Waals surface area contributed by atoms with E-state index in [1.54, 1.807) is 0 Å². The van der Waals surface area contributed by atoms with Crippen LogP contribution in [0.2, 0.25) is 5.02 Å². The smallest absolute Gasteiger partial charge is 0.288 e. The largest absolute Gasteiger partial charge is 0.443 e. The van der Waals surface area contributed by atoms with Crippen LogP contribution >= 0.6 is 22.9 Å². The molecule has 0 spiro atoms. The molecule has 0 amide bonds. The molecular weight excluding hydrogens is 306 g/mol. The number of rotatable bonds is 2. The minimum absolute atomic E-state index is 0.162. The molecule has 100 valence electrons. The van der Waals surface area contributed by atoms with E-state index in [2.05, 4.69) is 4.98 Å². The van der Waals surface area contributed by atoms with Gasteiger partial charge in [-0.15, -0.1) is 11.3 Å².